The highest BCUT2D eigenvalue weighted by molar-refractivity contribution is 6.30. The Morgan fingerprint density at radius 2 is 1.42 bits per heavy atom. The summed E-state index contributed by atoms with van der Waals surface area (Å²) in [5.74, 6) is 7.51. The molecule has 2 aliphatic heterocycles. The fourth-order valence-electron chi connectivity index (χ4n) is 9.13. The molecule has 9 rings (SSSR count). The lowest BCUT2D eigenvalue weighted by atomic mass is 10.0. The zero-order valence-electron chi connectivity index (χ0n) is 35.1. The Balaban J connectivity index is 0.898. The molecule has 62 heavy (non-hydrogen) atoms. The normalized spacial score (nSPS) is 20.2. The van der Waals surface area contributed by atoms with Crippen LogP contribution in [0.4, 0.5) is 9.59 Å². The van der Waals surface area contributed by atoms with Crippen LogP contribution in [-0.4, -0.2) is 87.1 Å². The maximum atomic E-state index is 14.3. The molecule has 320 valence electrons. The number of ether oxygens (including phenoxy) is 2. The van der Waals surface area contributed by atoms with Crippen LogP contribution in [0.3, 0.4) is 0 Å². The minimum atomic E-state index is -0.980. The minimum Gasteiger partial charge on any atom is -0.453 e. The molecule has 2 saturated heterocycles. The van der Waals surface area contributed by atoms with Crippen LogP contribution in [0.1, 0.15) is 98.8 Å². The average molecular weight is 857 g/mol. The molecule has 0 unspecified atom stereocenters. The van der Waals surface area contributed by atoms with Crippen molar-refractivity contribution in [3.05, 3.63) is 106 Å². The van der Waals surface area contributed by atoms with Crippen LogP contribution >= 0.6 is 11.6 Å². The summed E-state index contributed by atoms with van der Waals surface area (Å²) in [7, 11) is 2.57. The van der Waals surface area contributed by atoms with Crippen LogP contribution in [0.15, 0.2) is 72.9 Å². The van der Waals surface area contributed by atoms with Gasteiger partial charge in [-0.05, 0) is 109 Å². The summed E-state index contributed by atoms with van der Waals surface area (Å²) >= 11 is 6.30. The molecule has 3 aromatic carbocycles. The molecule has 5 aromatic rings. The van der Waals surface area contributed by atoms with Crippen molar-refractivity contribution in [1.82, 2.24) is 40.4 Å². The van der Waals surface area contributed by atoms with E-state index in [1.165, 1.54) is 14.2 Å². The van der Waals surface area contributed by atoms with Crippen molar-refractivity contribution in [2.45, 2.75) is 76.5 Å². The summed E-state index contributed by atoms with van der Waals surface area (Å²) in [4.78, 5) is 73.1. The Morgan fingerprint density at radius 1 is 0.790 bits per heavy atom. The van der Waals surface area contributed by atoms with Crippen molar-refractivity contribution in [2.24, 2.45) is 16.7 Å². The van der Waals surface area contributed by atoms with E-state index in [4.69, 9.17) is 31.0 Å². The number of fused-ring (bicyclic) bond motifs is 1. The lowest BCUT2D eigenvalue weighted by molar-refractivity contribution is -0.136. The second-order valence-electron chi connectivity index (χ2n) is 17.7. The van der Waals surface area contributed by atoms with Crippen molar-refractivity contribution in [3.63, 3.8) is 0 Å². The monoisotopic (exact) mass is 856 g/mol. The van der Waals surface area contributed by atoms with E-state index in [2.05, 4.69) is 32.4 Å². The first-order valence-corrected chi connectivity index (χ1v) is 21.5. The Morgan fingerprint density at radius 3 is 2.06 bits per heavy atom. The van der Waals surface area contributed by atoms with E-state index in [-0.39, 0.29) is 40.6 Å². The van der Waals surface area contributed by atoms with E-state index in [0.717, 1.165) is 77.8 Å². The fourth-order valence-corrected chi connectivity index (χ4v) is 9.33. The topological polar surface area (TPSA) is 175 Å². The summed E-state index contributed by atoms with van der Waals surface area (Å²) in [6.07, 6.45) is 6.29. The van der Waals surface area contributed by atoms with Crippen LogP contribution < -0.4 is 10.6 Å². The molecule has 2 aliphatic carbocycles. The number of carbonyl (C=O) groups is 4. The number of amides is 4. The molecular weight excluding hydrogens is 808 g/mol. The molecule has 2 aromatic heterocycles. The third kappa shape index (κ3) is 8.21. The maximum Gasteiger partial charge on any atom is 0.407 e. The smallest absolute Gasteiger partial charge is 0.407 e. The molecule has 0 bridgehead atoms. The van der Waals surface area contributed by atoms with E-state index >= 15 is 0 Å². The summed E-state index contributed by atoms with van der Waals surface area (Å²) in [5.41, 5.74) is 5.73. The van der Waals surface area contributed by atoms with Gasteiger partial charge in [0.25, 0.3) is 5.91 Å². The number of aromatic amines is 2. The molecule has 4 aliphatic rings. The number of alkyl carbamates (subject to hydrolysis) is 2. The molecule has 0 radical (unpaired) electrons. The number of benzene rings is 3. The van der Waals surface area contributed by atoms with Gasteiger partial charge in [0, 0.05) is 29.2 Å². The Kier molecular flexibility index (Phi) is 10.7. The number of H-pyrrole nitrogens is 2. The van der Waals surface area contributed by atoms with E-state index in [1.54, 1.807) is 30.5 Å². The van der Waals surface area contributed by atoms with Crippen LogP contribution in [0, 0.1) is 28.6 Å². The third-order valence-corrected chi connectivity index (χ3v) is 13.3. The molecule has 15 heteroatoms. The van der Waals surface area contributed by atoms with E-state index in [9.17, 15) is 19.2 Å². The largest absolute Gasteiger partial charge is 0.453 e. The highest BCUT2D eigenvalue weighted by Crippen LogP contribution is 2.59. The molecule has 4 heterocycles. The predicted molar refractivity (Wildman–Crippen MR) is 231 cm³/mol. The second-order valence-corrected chi connectivity index (χ2v) is 18.2. The molecule has 4 N–H and O–H groups in total. The van der Waals surface area contributed by atoms with Gasteiger partial charge in [-0.25, -0.2) is 19.6 Å². The highest BCUT2D eigenvalue weighted by Gasteiger charge is 2.56. The minimum absolute atomic E-state index is 0.0370. The zero-order chi connectivity index (χ0) is 43.3. The quantitative estimate of drug-likeness (QED) is 0.110. The van der Waals surface area contributed by atoms with Gasteiger partial charge in [-0.1, -0.05) is 61.6 Å². The fraction of sp³-hybridized carbons (Fsp3) is 0.404. The second kappa shape index (κ2) is 16.2. The first-order valence-electron chi connectivity index (χ1n) is 21.1. The van der Waals surface area contributed by atoms with E-state index in [1.807, 2.05) is 66.1 Å². The van der Waals surface area contributed by atoms with Gasteiger partial charge in [0.1, 0.15) is 23.7 Å². The predicted octanol–water partition coefficient (Wildman–Crippen LogP) is 7.59. The number of imidazole rings is 2. The first-order chi connectivity index (χ1) is 29.8. The van der Waals surface area contributed by atoms with Crippen molar-refractivity contribution in [2.75, 3.05) is 27.3 Å². The van der Waals surface area contributed by atoms with Gasteiger partial charge < -0.3 is 39.9 Å². The van der Waals surface area contributed by atoms with Gasteiger partial charge in [0.05, 0.1) is 49.2 Å². The summed E-state index contributed by atoms with van der Waals surface area (Å²) in [6.45, 7) is 5.04. The van der Waals surface area contributed by atoms with Crippen molar-refractivity contribution < 1.29 is 28.7 Å². The van der Waals surface area contributed by atoms with Gasteiger partial charge in [-0.3, -0.25) is 9.59 Å². The molecule has 4 amide bonds. The lowest BCUT2D eigenvalue weighted by Gasteiger charge is -2.30. The molecule has 4 atom stereocenters. The van der Waals surface area contributed by atoms with Gasteiger partial charge >= 0.3 is 12.2 Å². The van der Waals surface area contributed by atoms with Crippen LogP contribution in [0.5, 0.6) is 0 Å². The van der Waals surface area contributed by atoms with Crippen molar-refractivity contribution in [3.8, 4) is 23.1 Å². The van der Waals surface area contributed by atoms with Gasteiger partial charge in [-0.15, -0.1) is 0 Å². The average Bonchev–Trinajstić information content (AvgIpc) is 3.89. The molecule has 2 saturated carbocycles. The van der Waals surface area contributed by atoms with Crippen LogP contribution in [0.25, 0.3) is 22.3 Å². The van der Waals surface area contributed by atoms with Gasteiger partial charge in [0.15, 0.2) is 0 Å². The summed E-state index contributed by atoms with van der Waals surface area (Å²) in [5, 5.41) is 5.92. The molecular formula is C47H49ClN8O6. The number of carbonyl (C=O) groups excluding carboxylic acids is 4. The van der Waals surface area contributed by atoms with Crippen molar-refractivity contribution >= 4 is 46.6 Å². The standard InChI is InChI=1S/C47H49ClN8O6/c1-27(2)38(53-44(59)61-3)42(57)55-25-46(16-17-46)22-36(55)40-49-24-35(52-40)30-13-10-28(11-14-30)8-9-29-12-15-33-34(20-29)51-41(50-33)37-23-47(18-19-47)26-56(37)43(58)39(54-45(60)62-4)31-6-5-7-32(48)21-31/h5-7,10-15,20-21,24,27,36-39H,16-19,22-23,25-26H2,1-4H3,(H,49,52)(H,50,51)(H,53,59)(H,54,60)/t36-,37-,38-,39+/m0/s1. The first kappa shape index (κ1) is 41.0. The lowest BCUT2D eigenvalue weighted by Crippen LogP contribution is -2.51. The Bertz CT molecular complexity index is 2620. The number of rotatable bonds is 9. The van der Waals surface area contributed by atoms with E-state index < -0.39 is 24.3 Å². The van der Waals surface area contributed by atoms with E-state index in [0.29, 0.717) is 29.5 Å². The van der Waals surface area contributed by atoms with Crippen molar-refractivity contribution in [1.29, 1.82) is 0 Å². The summed E-state index contributed by atoms with van der Waals surface area (Å²) in [6, 6.07) is 18.5. The van der Waals surface area contributed by atoms with Crippen LogP contribution in [0.2, 0.25) is 5.02 Å². The number of methoxy groups -OCH3 is 2. The molecule has 2 spiro atoms. The number of hydrogen-bond donors (Lipinski definition) is 4. The molecule has 14 nitrogen and oxygen atoms in total. The SMILES string of the molecule is COC(=O)N[C@H](C(=O)N1CC2(CC2)C[C@H]1c1ncc(-c2ccc(C#Cc3ccc4nc([C@@H]5CC6(CC6)CN5C(=O)[C@H](NC(=O)OC)c5cccc(Cl)c5)[nH]c4c3)cc2)[nH]1)C(C)C. The van der Waals surface area contributed by atoms with Gasteiger partial charge in [-0.2, -0.15) is 0 Å². The zero-order valence-corrected chi connectivity index (χ0v) is 35.8. The number of nitrogens with zero attached hydrogens (tertiary/aromatic N) is 4. The Hall–Kier alpha value is -6.33. The molecule has 4 fully saturated rings. The number of halogens is 1. The maximum absolute atomic E-state index is 14.3. The number of aromatic nitrogens is 4. The number of likely N-dealkylation sites (tertiary alicyclic amines) is 2. The highest BCUT2D eigenvalue weighted by atomic mass is 35.5. The van der Waals surface area contributed by atoms with Crippen LogP contribution in [-0.2, 0) is 19.1 Å². The number of hydrogen-bond acceptors (Lipinski definition) is 8. The summed E-state index contributed by atoms with van der Waals surface area (Å²) < 4.78 is 9.69. The Labute approximate surface area is 364 Å². The third-order valence-electron chi connectivity index (χ3n) is 13.0. The number of nitrogens with one attached hydrogen (secondary N) is 4. The van der Waals surface area contributed by atoms with Gasteiger partial charge in [0.2, 0.25) is 5.91 Å².